The van der Waals surface area contributed by atoms with Crippen LogP contribution in [0.5, 0.6) is 0 Å². The SMILES string of the molecule is CN(C)[C@H]1CCN(C2=C(Cl)C(=O)c3[nH]c(-c4ccc(Br)c(F)c4)nc3C2=O)C1. The van der Waals surface area contributed by atoms with Crippen LogP contribution in [0.2, 0.25) is 0 Å². The van der Waals surface area contributed by atoms with Gasteiger partial charge in [0.15, 0.2) is 0 Å². The van der Waals surface area contributed by atoms with Gasteiger partial charge in [0.05, 0.1) is 4.47 Å². The molecule has 1 atom stereocenters. The van der Waals surface area contributed by atoms with Crippen LogP contribution in [0.1, 0.15) is 27.4 Å². The Morgan fingerprint density at radius 1 is 1.32 bits per heavy atom. The molecule has 2 heterocycles. The highest BCUT2D eigenvalue weighted by Gasteiger charge is 2.40. The molecule has 0 unspecified atom stereocenters. The lowest BCUT2D eigenvalue weighted by atomic mass is 10.0. The maximum absolute atomic E-state index is 13.9. The topological polar surface area (TPSA) is 69.3 Å². The Bertz CT molecular complexity index is 1030. The standard InChI is InChI=1S/C19H17BrClFN4O2/c1-25(2)10-5-6-26(8-10)16-13(21)17(27)14-15(18(16)28)24-19(23-14)9-3-4-11(20)12(22)7-9/h3-4,7,10H,5-6,8H2,1-2H3,(H,23,24)/t10-/m0/s1. The molecular formula is C19H17BrClFN4O2. The van der Waals surface area contributed by atoms with E-state index in [4.69, 9.17) is 11.6 Å². The number of likely N-dealkylation sites (N-methyl/N-ethyl adjacent to an activating group) is 1. The Hall–Kier alpha value is -2.03. The summed E-state index contributed by atoms with van der Waals surface area (Å²) < 4.78 is 14.2. The number of carbonyl (C=O) groups excluding carboxylic acids is 2. The molecule has 0 saturated carbocycles. The third-order valence-electron chi connectivity index (χ3n) is 5.17. The van der Waals surface area contributed by atoms with E-state index in [9.17, 15) is 14.0 Å². The van der Waals surface area contributed by atoms with Crippen LogP contribution < -0.4 is 0 Å². The number of ketones is 2. The van der Waals surface area contributed by atoms with Crippen LogP contribution in [0.3, 0.4) is 0 Å². The molecule has 0 bridgehead atoms. The molecule has 6 nitrogen and oxygen atoms in total. The first kappa shape index (κ1) is 19.3. The van der Waals surface area contributed by atoms with Gasteiger partial charge in [-0.1, -0.05) is 11.6 Å². The minimum Gasteiger partial charge on any atom is -0.365 e. The van der Waals surface area contributed by atoms with E-state index in [1.807, 2.05) is 19.0 Å². The smallest absolute Gasteiger partial charge is 0.231 e. The zero-order chi connectivity index (χ0) is 20.2. The van der Waals surface area contributed by atoms with Gasteiger partial charge >= 0.3 is 0 Å². The second kappa shape index (κ2) is 7.09. The number of rotatable bonds is 3. The number of hydrogen-bond acceptors (Lipinski definition) is 5. The summed E-state index contributed by atoms with van der Waals surface area (Å²) in [5, 5.41) is -0.103. The second-order valence-corrected chi connectivity index (χ2v) is 8.34. The second-order valence-electron chi connectivity index (χ2n) is 7.11. The van der Waals surface area contributed by atoms with Gasteiger partial charge in [-0.15, -0.1) is 0 Å². The number of carbonyl (C=O) groups is 2. The van der Waals surface area contributed by atoms with E-state index in [1.165, 1.54) is 12.1 Å². The lowest BCUT2D eigenvalue weighted by molar-refractivity contribution is 0.0946. The van der Waals surface area contributed by atoms with E-state index >= 15 is 0 Å². The molecule has 0 amide bonds. The molecule has 2 aromatic rings. The summed E-state index contributed by atoms with van der Waals surface area (Å²) in [5.74, 6) is -1.08. The Morgan fingerprint density at radius 2 is 2.07 bits per heavy atom. The number of likely N-dealkylation sites (tertiary alicyclic amines) is 1. The van der Waals surface area contributed by atoms with Crippen LogP contribution in [-0.4, -0.2) is 64.6 Å². The van der Waals surface area contributed by atoms with E-state index in [0.717, 1.165) is 6.42 Å². The van der Waals surface area contributed by atoms with Crippen molar-refractivity contribution in [2.75, 3.05) is 27.2 Å². The maximum atomic E-state index is 13.9. The molecule has 1 aliphatic heterocycles. The van der Waals surface area contributed by atoms with Gasteiger partial charge in [-0.3, -0.25) is 9.59 Å². The number of imidazole rings is 1. The number of benzene rings is 1. The molecule has 28 heavy (non-hydrogen) atoms. The Balaban J connectivity index is 1.71. The zero-order valence-corrected chi connectivity index (χ0v) is 17.6. The van der Waals surface area contributed by atoms with E-state index < -0.39 is 11.6 Å². The van der Waals surface area contributed by atoms with Crippen molar-refractivity contribution in [3.05, 3.63) is 50.6 Å². The molecule has 146 valence electrons. The van der Waals surface area contributed by atoms with Crippen molar-refractivity contribution in [2.24, 2.45) is 0 Å². The highest BCUT2D eigenvalue weighted by Crippen LogP contribution is 2.33. The molecule has 1 N–H and O–H groups in total. The minimum absolute atomic E-state index is 0.0241. The summed E-state index contributed by atoms with van der Waals surface area (Å²) in [7, 11) is 3.96. The van der Waals surface area contributed by atoms with Crippen molar-refractivity contribution in [1.82, 2.24) is 19.8 Å². The fourth-order valence-corrected chi connectivity index (χ4v) is 4.11. The van der Waals surface area contributed by atoms with Crippen LogP contribution in [0.15, 0.2) is 33.4 Å². The van der Waals surface area contributed by atoms with Crippen LogP contribution in [0.4, 0.5) is 4.39 Å². The van der Waals surface area contributed by atoms with E-state index in [-0.39, 0.29) is 39.8 Å². The highest BCUT2D eigenvalue weighted by molar-refractivity contribution is 9.10. The van der Waals surface area contributed by atoms with Gasteiger partial charge in [-0.2, -0.15) is 0 Å². The third-order valence-corrected chi connectivity index (χ3v) is 6.16. The van der Waals surface area contributed by atoms with Crippen LogP contribution in [-0.2, 0) is 0 Å². The molecule has 4 rings (SSSR count). The number of allylic oxidation sites excluding steroid dienone is 2. The molecule has 2 aliphatic rings. The number of aromatic amines is 1. The summed E-state index contributed by atoms with van der Waals surface area (Å²) in [6, 6.07) is 4.74. The first-order chi connectivity index (χ1) is 13.3. The fourth-order valence-electron chi connectivity index (χ4n) is 3.56. The predicted molar refractivity (Wildman–Crippen MR) is 107 cm³/mol. The van der Waals surface area contributed by atoms with Crippen molar-refractivity contribution < 1.29 is 14.0 Å². The van der Waals surface area contributed by atoms with Crippen LogP contribution in [0, 0.1) is 5.82 Å². The average Bonchev–Trinajstić information content (AvgIpc) is 3.30. The molecule has 9 heteroatoms. The monoisotopic (exact) mass is 466 g/mol. The number of halogens is 3. The molecule has 1 aromatic heterocycles. The molecule has 0 spiro atoms. The van der Waals surface area contributed by atoms with Crippen LogP contribution >= 0.6 is 27.5 Å². The zero-order valence-electron chi connectivity index (χ0n) is 15.2. The minimum atomic E-state index is -0.476. The van der Waals surface area contributed by atoms with Gasteiger partial charge in [-0.25, -0.2) is 9.37 Å². The van der Waals surface area contributed by atoms with Crippen molar-refractivity contribution in [2.45, 2.75) is 12.5 Å². The number of fused-ring (bicyclic) bond motifs is 1. The number of Topliss-reactive ketones (excluding diaryl/α,β-unsaturated/α-hetero) is 2. The number of aromatic nitrogens is 2. The van der Waals surface area contributed by atoms with Crippen molar-refractivity contribution in [3.63, 3.8) is 0 Å². The molecule has 1 aromatic carbocycles. The normalized spacial score (nSPS) is 19.8. The molecule has 0 radical (unpaired) electrons. The van der Waals surface area contributed by atoms with E-state index in [0.29, 0.717) is 23.1 Å². The number of H-pyrrole nitrogens is 1. The van der Waals surface area contributed by atoms with Crippen molar-refractivity contribution in [3.8, 4) is 11.4 Å². The summed E-state index contributed by atoms with van der Waals surface area (Å²) in [6.45, 7) is 1.25. The van der Waals surface area contributed by atoms with E-state index in [2.05, 4.69) is 30.8 Å². The summed E-state index contributed by atoms with van der Waals surface area (Å²) >= 11 is 9.40. The molecule has 1 fully saturated rings. The molecule has 1 saturated heterocycles. The van der Waals surface area contributed by atoms with Gasteiger partial charge in [-0.05, 0) is 54.6 Å². The largest absolute Gasteiger partial charge is 0.365 e. The van der Waals surface area contributed by atoms with Crippen LogP contribution in [0.25, 0.3) is 11.4 Å². The van der Waals surface area contributed by atoms with Gasteiger partial charge < -0.3 is 14.8 Å². The molecular weight excluding hydrogens is 451 g/mol. The van der Waals surface area contributed by atoms with E-state index in [1.54, 1.807) is 6.07 Å². The Kier molecular flexibility index (Phi) is 4.89. The van der Waals surface area contributed by atoms with Gasteiger partial charge in [0.2, 0.25) is 11.6 Å². The predicted octanol–water partition coefficient (Wildman–Crippen LogP) is 3.44. The number of nitrogens with one attached hydrogen (secondary N) is 1. The Labute approximate surface area is 174 Å². The number of nitrogens with zero attached hydrogens (tertiary/aromatic N) is 3. The van der Waals surface area contributed by atoms with Gasteiger partial charge in [0, 0.05) is 24.7 Å². The van der Waals surface area contributed by atoms with Crippen molar-refractivity contribution in [1.29, 1.82) is 0 Å². The summed E-state index contributed by atoms with van der Waals surface area (Å²) in [6.07, 6.45) is 0.874. The number of hydrogen-bond donors (Lipinski definition) is 1. The van der Waals surface area contributed by atoms with Gasteiger partial charge in [0.25, 0.3) is 0 Å². The highest BCUT2D eigenvalue weighted by atomic mass is 79.9. The first-order valence-corrected chi connectivity index (χ1v) is 9.91. The third kappa shape index (κ3) is 3.09. The quantitative estimate of drug-likeness (QED) is 0.749. The lowest BCUT2D eigenvalue weighted by Crippen LogP contribution is -2.35. The summed E-state index contributed by atoms with van der Waals surface area (Å²) in [4.78, 5) is 36.9. The Morgan fingerprint density at radius 3 is 2.71 bits per heavy atom. The van der Waals surface area contributed by atoms with Gasteiger partial charge in [0.1, 0.15) is 33.8 Å². The maximum Gasteiger partial charge on any atom is 0.231 e. The average molecular weight is 468 g/mol. The van der Waals surface area contributed by atoms with Crippen molar-refractivity contribution >= 4 is 39.1 Å². The lowest BCUT2D eigenvalue weighted by Gasteiger charge is -2.25. The fraction of sp³-hybridized carbons (Fsp3) is 0.316. The first-order valence-electron chi connectivity index (χ1n) is 8.74. The summed E-state index contributed by atoms with van der Waals surface area (Å²) in [5.41, 5.74) is 0.697. The molecule has 1 aliphatic carbocycles.